The average molecular weight is 221 g/mol. The molecule has 0 aliphatic carbocycles. The van der Waals surface area contributed by atoms with Crippen molar-refractivity contribution in [2.24, 2.45) is 5.73 Å². The quantitative estimate of drug-likeness (QED) is 0.835. The predicted octanol–water partition coefficient (Wildman–Crippen LogP) is 0.880. The Balaban J connectivity index is 2.31. The van der Waals surface area contributed by atoms with Crippen LogP contribution in [0.3, 0.4) is 0 Å². The summed E-state index contributed by atoms with van der Waals surface area (Å²) in [6.07, 6.45) is 0. The van der Waals surface area contributed by atoms with Crippen LogP contribution < -0.4 is 5.73 Å². The fraction of sp³-hybridized carbons (Fsp3) is 0.300. The number of nitrogens with two attached hydrogens (primary N) is 1. The molecule has 1 heterocycles. The van der Waals surface area contributed by atoms with Crippen molar-refractivity contribution in [1.29, 1.82) is 0 Å². The van der Waals surface area contributed by atoms with Gasteiger partial charge < -0.3 is 5.73 Å². The van der Waals surface area contributed by atoms with Crippen LogP contribution in [0, 0.1) is 5.82 Å². The maximum atomic E-state index is 12.8. The topological polar surface area (TPSA) is 69.6 Å². The molecule has 0 fully saturated rings. The van der Waals surface area contributed by atoms with Crippen molar-refractivity contribution in [3.63, 3.8) is 0 Å². The molecule has 0 saturated carbocycles. The van der Waals surface area contributed by atoms with Crippen LogP contribution in [0.25, 0.3) is 0 Å². The number of halogens is 1. The number of nitrogens with zero attached hydrogens (tertiary/aromatic N) is 4. The molecule has 2 aromatic rings. The molecule has 1 aromatic carbocycles. The Morgan fingerprint density at radius 2 is 2.06 bits per heavy atom. The molecule has 1 aromatic heterocycles. The first-order chi connectivity index (χ1) is 7.72. The smallest absolute Gasteiger partial charge is 0.165 e. The van der Waals surface area contributed by atoms with Crippen molar-refractivity contribution in [3.05, 3.63) is 41.5 Å². The summed E-state index contributed by atoms with van der Waals surface area (Å²) in [6.45, 7) is 2.21. The first kappa shape index (κ1) is 10.7. The number of benzene rings is 1. The van der Waals surface area contributed by atoms with Crippen LogP contribution in [0.4, 0.5) is 4.39 Å². The van der Waals surface area contributed by atoms with Gasteiger partial charge in [-0.15, -0.1) is 5.10 Å². The molecule has 0 aliphatic rings. The molecule has 2 rings (SSSR count). The third-order valence-electron chi connectivity index (χ3n) is 2.46. The second-order valence-corrected chi connectivity index (χ2v) is 3.47. The predicted molar refractivity (Wildman–Crippen MR) is 55.9 cm³/mol. The van der Waals surface area contributed by atoms with E-state index in [9.17, 15) is 4.39 Å². The van der Waals surface area contributed by atoms with Gasteiger partial charge in [0.15, 0.2) is 5.82 Å². The summed E-state index contributed by atoms with van der Waals surface area (Å²) in [6, 6.07) is 6.19. The summed E-state index contributed by atoms with van der Waals surface area (Å²) in [4.78, 5) is 0. The second-order valence-electron chi connectivity index (χ2n) is 3.47. The zero-order valence-corrected chi connectivity index (χ0v) is 8.84. The van der Waals surface area contributed by atoms with Gasteiger partial charge in [-0.25, -0.2) is 9.07 Å². The summed E-state index contributed by atoms with van der Waals surface area (Å²) < 4.78 is 14.4. The van der Waals surface area contributed by atoms with Gasteiger partial charge in [0.05, 0.1) is 12.6 Å². The van der Waals surface area contributed by atoms with E-state index in [-0.39, 0.29) is 18.4 Å². The van der Waals surface area contributed by atoms with E-state index in [1.165, 1.54) is 12.1 Å². The highest BCUT2D eigenvalue weighted by Crippen LogP contribution is 2.17. The van der Waals surface area contributed by atoms with Gasteiger partial charge in [0.2, 0.25) is 0 Å². The first-order valence-corrected chi connectivity index (χ1v) is 4.94. The molecule has 5 nitrogen and oxygen atoms in total. The lowest BCUT2D eigenvalue weighted by Gasteiger charge is -2.12. The summed E-state index contributed by atoms with van der Waals surface area (Å²) in [7, 11) is 0. The maximum absolute atomic E-state index is 12.8. The monoisotopic (exact) mass is 221 g/mol. The molecule has 84 valence electrons. The Morgan fingerprint density at radius 3 is 2.69 bits per heavy atom. The molecular weight excluding hydrogens is 209 g/mol. The molecule has 1 atom stereocenters. The largest absolute Gasteiger partial charge is 0.324 e. The second kappa shape index (κ2) is 4.36. The number of hydrogen-bond acceptors (Lipinski definition) is 4. The van der Waals surface area contributed by atoms with Gasteiger partial charge in [-0.2, -0.15) is 0 Å². The van der Waals surface area contributed by atoms with E-state index in [0.29, 0.717) is 5.82 Å². The van der Waals surface area contributed by atoms with Gasteiger partial charge in [-0.3, -0.25) is 0 Å². The molecule has 6 heteroatoms. The molecule has 0 spiro atoms. The molecule has 16 heavy (non-hydrogen) atoms. The number of rotatable bonds is 3. The van der Waals surface area contributed by atoms with Gasteiger partial charge in [-0.1, -0.05) is 12.1 Å². The lowest BCUT2D eigenvalue weighted by Crippen LogP contribution is -2.15. The average Bonchev–Trinajstić information content (AvgIpc) is 2.77. The Hall–Kier alpha value is -1.82. The van der Waals surface area contributed by atoms with Gasteiger partial charge in [0.25, 0.3) is 0 Å². The van der Waals surface area contributed by atoms with E-state index >= 15 is 0 Å². The van der Waals surface area contributed by atoms with E-state index < -0.39 is 0 Å². The summed E-state index contributed by atoms with van der Waals surface area (Å²) >= 11 is 0. The van der Waals surface area contributed by atoms with Crippen LogP contribution >= 0.6 is 0 Å². The van der Waals surface area contributed by atoms with Crippen LogP contribution in [-0.2, 0) is 6.54 Å². The lowest BCUT2D eigenvalue weighted by atomic mass is 10.1. The van der Waals surface area contributed by atoms with E-state index in [4.69, 9.17) is 5.73 Å². The Labute approximate surface area is 92.1 Å². The minimum absolute atomic E-state index is 0.0610. The minimum Gasteiger partial charge on any atom is -0.324 e. The van der Waals surface area contributed by atoms with Gasteiger partial charge in [0.1, 0.15) is 5.82 Å². The van der Waals surface area contributed by atoms with Gasteiger partial charge >= 0.3 is 0 Å². The third-order valence-corrected chi connectivity index (χ3v) is 2.46. The fourth-order valence-corrected chi connectivity index (χ4v) is 1.53. The van der Waals surface area contributed by atoms with Crippen LogP contribution in [0.15, 0.2) is 24.3 Å². The van der Waals surface area contributed by atoms with Crippen LogP contribution in [0.2, 0.25) is 0 Å². The lowest BCUT2D eigenvalue weighted by molar-refractivity contribution is 0.520. The van der Waals surface area contributed by atoms with Crippen molar-refractivity contribution in [2.45, 2.75) is 19.5 Å². The van der Waals surface area contributed by atoms with E-state index in [2.05, 4.69) is 15.5 Å². The van der Waals surface area contributed by atoms with Crippen molar-refractivity contribution < 1.29 is 4.39 Å². The Bertz CT molecular complexity index is 464. The molecule has 1 unspecified atom stereocenters. The zero-order valence-electron chi connectivity index (χ0n) is 8.84. The standard InChI is InChI=1S/C10H12FN5/c1-7(8-2-4-9(11)5-3-8)16-10(6-12)13-14-15-16/h2-5,7H,6,12H2,1H3. The molecule has 0 radical (unpaired) electrons. The van der Waals surface area contributed by atoms with Crippen molar-refractivity contribution in [3.8, 4) is 0 Å². The van der Waals surface area contributed by atoms with Crippen molar-refractivity contribution in [2.75, 3.05) is 0 Å². The molecular formula is C10H12FN5. The molecule has 0 amide bonds. The third kappa shape index (κ3) is 1.92. The van der Waals surface area contributed by atoms with E-state index in [0.717, 1.165) is 5.56 Å². The molecule has 0 aliphatic heterocycles. The van der Waals surface area contributed by atoms with Gasteiger partial charge in [-0.05, 0) is 35.0 Å². The number of tetrazole rings is 1. The minimum atomic E-state index is -0.258. The maximum Gasteiger partial charge on any atom is 0.165 e. The Morgan fingerprint density at radius 1 is 1.38 bits per heavy atom. The summed E-state index contributed by atoms with van der Waals surface area (Å²) in [5.74, 6) is 0.350. The van der Waals surface area contributed by atoms with Crippen LogP contribution in [0.5, 0.6) is 0 Å². The summed E-state index contributed by atoms with van der Waals surface area (Å²) in [5, 5.41) is 11.2. The normalized spacial score (nSPS) is 12.7. The van der Waals surface area contributed by atoms with Crippen LogP contribution in [-0.4, -0.2) is 20.2 Å². The first-order valence-electron chi connectivity index (χ1n) is 4.94. The fourth-order valence-electron chi connectivity index (χ4n) is 1.53. The number of aromatic nitrogens is 4. The Kier molecular flexibility index (Phi) is 2.91. The molecule has 0 bridgehead atoms. The van der Waals surface area contributed by atoms with E-state index in [1.807, 2.05) is 6.92 Å². The van der Waals surface area contributed by atoms with Crippen molar-refractivity contribution >= 4 is 0 Å². The van der Waals surface area contributed by atoms with E-state index in [1.54, 1.807) is 16.8 Å². The van der Waals surface area contributed by atoms with Crippen molar-refractivity contribution in [1.82, 2.24) is 20.2 Å². The highest BCUT2D eigenvalue weighted by atomic mass is 19.1. The zero-order chi connectivity index (χ0) is 11.5. The highest BCUT2D eigenvalue weighted by molar-refractivity contribution is 5.20. The highest BCUT2D eigenvalue weighted by Gasteiger charge is 2.13. The van der Waals surface area contributed by atoms with Crippen LogP contribution in [0.1, 0.15) is 24.4 Å². The SMILES string of the molecule is CC(c1ccc(F)cc1)n1nnnc1CN. The number of hydrogen-bond donors (Lipinski definition) is 1. The molecule has 0 saturated heterocycles. The van der Waals surface area contributed by atoms with Gasteiger partial charge in [0, 0.05) is 0 Å². The summed E-state index contributed by atoms with van der Waals surface area (Å²) in [5.41, 5.74) is 6.45. The molecule has 2 N–H and O–H groups in total.